The van der Waals surface area contributed by atoms with Crippen molar-refractivity contribution in [2.24, 2.45) is 0 Å². The minimum absolute atomic E-state index is 0.179. The van der Waals surface area contributed by atoms with Crippen molar-refractivity contribution < 1.29 is 23.8 Å². The lowest BCUT2D eigenvalue weighted by Crippen LogP contribution is -2.20. The van der Waals surface area contributed by atoms with Gasteiger partial charge in [-0.25, -0.2) is 9.18 Å². The number of amides is 1. The number of nitrogens with one attached hydrogen (secondary N) is 1. The van der Waals surface area contributed by atoms with Crippen molar-refractivity contribution >= 4 is 17.6 Å². The van der Waals surface area contributed by atoms with E-state index in [9.17, 15) is 19.1 Å². The Morgan fingerprint density at radius 3 is 2.00 bits per heavy atom. The standard InChI is InChI=1S/C21H16FNO4/c22-17-7-9-18(10-8-17)23-20(25)13-27-21(26)16-3-1-14(2-4-16)15-5-11-19(24)12-6-15/h1-12,24H,13H2,(H,23,25). The van der Waals surface area contributed by atoms with Gasteiger partial charge in [0.15, 0.2) is 6.61 Å². The molecule has 3 aromatic rings. The maximum atomic E-state index is 12.8. The van der Waals surface area contributed by atoms with Crippen molar-refractivity contribution in [2.45, 2.75) is 0 Å². The van der Waals surface area contributed by atoms with Gasteiger partial charge in [0.1, 0.15) is 11.6 Å². The summed E-state index contributed by atoms with van der Waals surface area (Å²) < 4.78 is 17.8. The van der Waals surface area contributed by atoms with Gasteiger partial charge in [0, 0.05) is 5.69 Å². The predicted molar refractivity (Wildman–Crippen MR) is 98.9 cm³/mol. The molecule has 6 heteroatoms. The number of rotatable bonds is 5. The van der Waals surface area contributed by atoms with Crippen molar-refractivity contribution in [3.63, 3.8) is 0 Å². The van der Waals surface area contributed by atoms with E-state index in [-0.39, 0.29) is 5.75 Å². The zero-order valence-corrected chi connectivity index (χ0v) is 14.2. The maximum absolute atomic E-state index is 12.8. The molecule has 27 heavy (non-hydrogen) atoms. The minimum atomic E-state index is -0.624. The minimum Gasteiger partial charge on any atom is -0.508 e. The van der Waals surface area contributed by atoms with E-state index in [1.807, 2.05) is 0 Å². The second-order valence-corrected chi connectivity index (χ2v) is 5.76. The van der Waals surface area contributed by atoms with Crippen LogP contribution in [0.2, 0.25) is 0 Å². The number of phenols is 1. The molecule has 0 saturated heterocycles. The van der Waals surface area contributed by atoms with Gasteiger partial charge in [0.25, 0.3) is 5.91 Å². The lowest BCUT2D eigenvalue weighted by molar-refractivity contribution is -0.119. The molecule has 0 spiro atoms. The van der Waals surface area contributed by atoms with Gasteiger partial charge in [0.2, 0.25) is 0 Å². The molecule has 3 aromatic carbocycles. The summed E-state index contributed by atoms with van der Waals surface area (Å²) in [6.07, 6.45) is 0. The summed E-state index contributed by atoms with van der Waals surface area (Å²) in [5, 5.41) is 11.8. The van der Waals surface area contributed by atoms with Crippen molar-refractivity contribution in [1.29, 1.82) is 0 Å². The van der Waals surface area contributed by atoms with Crippen LogP contribution in [0.4, 0.5) is 10.1 Å². The van der Waals surface area contributed by atoms with Crippen LogP contribution >= 0.6 is 0 Å². The molecule has 0 saturated carbocycles. The highest BCUT2D eigenvalue weighted by Gasteiger charge is 2.11. The molecule has 1 amide bonds. The summed E-state index contributed by atoms with van der Waals surface area (Å²) in [6.45, 7) is -0.448. The van der Waals surface area contributed by atoms with Gasteiger partial charge in [-0.05, 0) is 59.7 Å². The zero-order chi connectivity index (χ0) is 19.2. The van der Waals surface area contributed by atoms with Crippen molar-refractivity contribution in [2.75, 3.05) is 11.9 Å². The molecular weight excluding hydrogens is 349 g/mol. The molecule has 0 fully saturated rings. The number of halogens is 1. The number of hydrogen-bond acceptors (Lipinski definition) is 4. The monoisotopic (exact) mass is 365 g/mol. The van der Waals surface area contributed by atoms with Crippen LogP contribution in [-0.2, 0) is 9.53 Å². The molecular formula is C21H16FNO4. The summed E-state index contributed by atoms with van der Waals surface area (Å²) >= 11 is 0. The van der Waals surface area contributed by atoms with Gasteiger partial charge < -0.3 is 15.2 Å². The van der Waals surface area contributed by atoms with Crippen LogP contribution in [0.25, 0.3) is 11.1 Å². The second kappa shape index (κ2) is 8.14. The summed E-state index contributed by atoms with van der Waals surface area (Å²) in [6, 6.07) is 18.7. The number of anilines is 1. The Bertz CT molecular complexity index is 935. The Hall–Kier alpha value is -3.67. The van der Waals surface area contributed by atoms with Crippen molar-refractivity contribution in [3.8, 4) is 16.9 Å². The number of carbonyl (C=O) groups excluding carboxylic acids is 2. The highest BCUT2D eigenvalue weighted by atomic mass is 19.1. The normalized spacial score (nSPS) is 10.3. The number of phenolic OH excluding ortho intramolecular Hbond substituents is 1. The number of hydrogen-bond donors (Lipinski definition) is 2. The Morgan fingerprint density at radius 2 is 1.41 bits per heavy atom. The molecule has 0 aliphatic rings. The molecule has 5 nitrogen and oxygen atoms in total. The number of ether oxygens (including phenoxy) is 1. The Kier molecular flexibility index (Phi) is 5.47. The fourth-order valence-electron chi connectivity index (χ4n) is 2.40. The molecule has 0 aliphatic carbocycles. The number of benzene rings is 3. The first-order valence-electron chi connectivity index (χ1n) is 8.13. The van der Waals surface area contributed by atoms with E-state index in [4.69, 9.17) is 4.74 Å². The van der Waals surface area contributed by atoms with Gasteiger partial charge in [-0.15, -0.1) is 0 Å². The molecule has 3 rings (SSSR count). The molecule has 0 aromatic heterocycles. The first-order valence-corrected chi connectivity index (χ1v) is 8.13. The van der Waals surface area contributed by atoms with Crippen LogP contribution in [0.1, 0.15) is 10.4 Å². The SMILES string of the molecule is O=C(COC(=O)c1ccc(-c2ccc(O)cc2)cc1)Nc1ccc(F)cc1. The third-order valence-corrected chi connectivity index (χ3v) is 3.78. The Labute approximate surface area is 155 Å². The van der Waals surface area contributed by atoms with E-state index in [0.717, 1.165) is 11.1 Å². The third-order valence-electron chi connectivity index (χ3n) is 3.78. The lowest BCUT2D eigenvalue weighted by Gasteiger charge is -2.07. The van der Waals surface area contributed by atoms with E-state index in [0.29, 0.717) is 11.3 Å². The quantitative estimate of drug-likeness (QED) is 0.670. The van der Waals surface area contributed by atoms with Crippen LogP contribution in [0.15, 0.2) is 72.8 Å². The maximum Gasteiger partial charge on any atom is 0.338 e. The van der Waals surface area contributed by atoms with E-state index in [1.54, 1.807) is 48.5 Å². The number of esters is 1. The smallest absolute Gasteiger partial charge is 0.338 e. The van der Waals surface area contributed by atoms with Gasteiger partial charge in [-0.1, -0.05) is 24.3 Å². The molecule has 136 valence electrons. The summed E-state index contributed by atoms with van der Waals surface area (Å²) in [5.74, 6) is -1.37. The average Bonchev–Trinajstić information content (AvgIpc) is 2.69. The lowest BCUT2D eigenvalue weighted by atomic mass is 10.0. The van der Waals surface area contributed by atoms with Gasteiger partial charge in [-0.3, -0.25) is 4.79 Å². The van der Waals surface area contributed by atoms with Crippen molar-refractivity contribution in [1.82, 2.24) is 0 Å². The number of carbonyl (C=O) groups is 2. The van der Waals surface area contributed by atoms with E-state index >= 15 is 0 Å². The van der Waals surface area contributed by atoms with Crippen LogP contribution in [0.5, 0.6) is 5.75 Å². The largest absolute Gasteiger partial charge is 0.508 e. The predicted octanol–water partition coefficient (Wildman–Crippen LogP) is 3.99. The average molecular weight is 365 g/mol. The van der Waals surface area contributed by atoms with Crippen LogP contribution in [-0.4, -0.2) is 23.6 Å². The van der Waals surface area contributed by atoms with Crippen LogP contribution < -0.4 is 5.32 Å². The summed E-state index contributed by atoms with van der Waals surface area (Å²) in [5.41, 5.74) is 2.50. The highest BCUT2D eigenvalue weighted by Crippen LogP contribution is 2.22. The molecule has 0 aliphatic heterocycles. The topological polar surface area (TPSA) is 75.6 Å². The zero-order valence-electron chi connectivity index (χ0n) is 14.2. The molecule has 0 heterocycles. The summed E-state index contributed by atoms with van der Waals surface area (Å²) in [7, 11) is 0. The molecule has 0 atom stereocenters. The molecule has 0 radical (unpaired) electrons. The van der Waals surface area contributed by atoms with E-state index < -0.39 is 24.3 Å². The summed E-state index contributed by atoms with van der Waals surface area (Å²) in [4.78, 5) is 23.9. The van der Waals surface area contributed by atoms with Crippen LogP contribution in [0, 0.1) is 5.82 Å². The highest BCUT2D eigenvalue weighted by molar-refractivity contribution is 5.95. The van der Waals surface area contributed by atoms with Crippen molar-refractivity contribution in [3.05, 3.63) is 84.2 Å². The molecule has 2 N–H and O–H groups in total. The Balaban J connectivity index is 1.55. The second-order valence-electron chi connectivity index (χ2n) is 5.76. The van der Waals surface area contributed by atoms with Gasteiger partial charge >= 0.3 is 5.97 Å². The first-order chi connectivity index (χ1) is 13.0. The molecule has 0 unspecified atom stereocenters. The molecule has 0 bridgehead atoms. The third kappa shape index (κ3) is 4.92. The van der Waals surface area contributed by atoms with Gasteiger partial charge in [0.05, 0.1) is 5.56 Å². The van der Waals surface area contributed by atoms with E-state index in [1.165, 1.54) is 24.3 Å². The fraction of sp³-hybridized carbons (Fsp3) is 0.0476. The van der Waals surface area contributed by atoms with E-state index in [2.05, 4.69) is 5.32 Å². The number of aromatic hydroxyl groups is 1. The fourth-order valence-corrected chi connectivity index (χ4v) is 2.40. The first kappa shape index (κ1) is 18.1. The Morgan fingerprint density at radius 1 is 0.852 bits per heavy atom. The van der Waals surface area contributed by atoms with Gasteiger partial charge in [-0.2, -0.15) is 0 Å². The van der Waals surface area contributed by atoms with Crippen LogP contribution in [0.3, 0.4) is 0 Å².